The second-order valence-electron chi connectivity index (χ2n) is 6.77. The van der Waals surface area contributed by atoms with Crippen molar-refractivity contribution < 1.29 is 24.5 Å². The van der Waals surface area contributed by atoms with Crippen molar-refractivity contribution in [3.8, 4) is 5.75 Å². The maximum atomic E-state index is 12.5. The summed E-state index contributed by atoms with van der Waals surface area (Å²) in [5, 5.41) is 18.4. The second-order valence-corrected chi connectivity index (χ2v) is 8.45. The van der Waals surface area contributed by atoms with Crippen molar-refractivity contribution in [1.29, 1.82) is 0 Å². The van der Waals surface area contributed by atoms with Gasteiger partial charge in [-0.1, -0.05) is 75.1 Å². The van der Waals surface area contributed by atoms with Crippen LogP contribution in [0.4, 0.5) is 0 Å². The van der Waals surface area contributed by atoms with Crippen LogP contribution >= 0.6 is 24.0 Å². The Morgan fingerprint density at radius 3 is 2.48 bits per heavy atom. The molecular weight excluding hydrogens is 410 g/mol. The molecule has 0 aromatic heterocycles. The lowest BCUT2D eigenvalue weighted by molar-refractivity contribution is -0.146. The van der Waals surface area contributed by atoms with E-state index in [0.29, 0.717) is 11.5 Å². The molecule has 1 amide bonds. The molecule has 2 rings (SSSR count). The van der Waals surface area contributed by atoms with Gasteiger partial charge in [-0.05, 0) is 30.2 Å². The van der Waals surface area contributed by atoms with Gasteiger partial charge in [0.25, 0.3) is 5.91 Å². The highest BCUT2D eigenvalue weighted by atomic mass is 32.2. The summed E-state index contributed by atoms with van der Waals surface area (Å²) in [7, 11) is 0. The minimum Gasteiger partial charge on any atom is -0.494 e. The van der Waals surface area contributed by atoms with E-state index in [9.17, 15) is 14.7 Å². The number of carbonyl (C=O) groups is 2. The standard InChI is InChI=1S/C21H27NO5S2/c1-2-3-4-5-6-7-12-27-16-10-8-15(9-11-16)13-18-19(24)22(21(28)29-18)17(14-23)20(25)26/h8-11,13,17,23H,2-7,12,14H2,1H3,(H,25,26)/b18-13+/t17-/m1/s1. The predicted molar refractivity (Wildman–Crippen MR) is 119 cm³/mol. The molecule has 0 saturated carbocycles. The quantitative estimate of drug-likeness (QED) is 0.289. The topological polar surface area (TPSA) is 87.1 Å². The summed E-state index contributed by atoms with van der Waals surface area (Å²) in [6, 6.07) is 5.99. The number of thiocarbonyl (C=S) groups is 1. The molecule has 6 nitrogen and oxygen atoms in total. The lowest BCUT2D eigenvalue weighted by Gasteiger charge is -2.20. The minimum atomic E-state index is -1.37. The van der Waals surface area contributed by atoms with Gasteiger partial charge < -0.3 is 14.9 Å². The number of aliphatic carboxylic acids is 1. The number of unbranched alkanes of at least 4 members (excludes halogenated alkanes) is 5. The third kappa shape index (κ3) is 6.83. The van der Waals surface area contributed by atoms with E-state index < -0.39 is 24.5 Å². The van der Waals surface area contributed by atoms with Crippen LogP contribution in [0.2, 0.25) is 0 Å². The Hall–Kier alpha value is -1.90. The monoisotopic (exact) mass is 437 g/mol. The van der Waals surface area contributed by atoms with Crippen LogP contribution in [0.3, 0.4) is 0 Å². The van der Waals surface area contributed by atoms with Crippen molar-refractivity contribution in [3.05, 3.63) is 34.7 Å². The van der Waals surface area contributed by atoms with E-state index in [-0.39, 0.29) is 4.32 Å². The SMILES string of the molecule is CCCCCCCCOc1ccc(/C=C2/SC(=S)N([C@H](CO)C(=O)O)C2=O)cc1. The number of aliphatic hydroxyl groups is 1. The van der Waals surface area contributed by atoms with E-state index in [4.69, 9.17) is 22.1 Å². The number of aliphatic hydroxyl groups excluding tert-OH is 1. The van der Waals surface area contributed by atoms with Gasteiger partial charge in [-0.25, -0.2) is 4.79 Å². The summed E-state index contributed by atoms with van der Waals surface area (Å²) in [6.45, 7) is 2.19. The summed E-state index contributed by atoms with van der Waals surface area (Å²) in [5.74, 6) is -1.03. The van der Waals surface area contributed by atoms with Crippen molar-refractivity contribution in [2.24, 2.45) is 0 Å². The predicted octanol–water partition coefficient (Wildman–Crippen LogP) is 4.07. The highest BCUT2D eigenvalue weighted by molar-refractivity contribution is 8.26. The first-order chi connectivity index (χ1) is 14.0. The van der Waals surface area contributed by atoms with Crippen LogP contribution in [0.15, 0.2) is 29.2 Å². The van der Waals surface area contributed by atoms with Crippen LogP contribution in [0.5, 0.6) is 5.75 Å². The Balaban J connectivity index is 1.90. The highest BCUT2D eigenvalue weighted by Crippen LogP contribution is 2.34. The van der Waals surface area contributed by atoms with Crippen LogP contribution in [0.1, 0.15) is 51.0 Å². The number of carboxylic acid groups (broad SMARTS) is 1. The van der Waals surface area contributed by atoms with Gasteiger partial charge in [0, 0.05) is 0 Å². The summed E-state index contributed by atoms with van der Waals surface area (Å²) < 4.78 is 5.88. The maximum absolute atomic E-state index is 12.5. The molecule has 0 unspecified atom stereocenters. The molecule has 1 saturated heterocycles. The van der Waals surface area contributed by atoms with Crippen LogP contribution in [-0.2, 0) is 9.59 Å². The largest absolute Gasteiger partial charge is 0.494 e. The minimum absolute atomic E-state index is 0.126. The zero-order valence-corrected chi connectivity index (χ0v) is 18.1. The Bertz CT molecular complexity index is 748. The zero-order chi connectivity index (χ0) is 21.2. The van der Waals surface area contributed by atoms with E-state index in [1.807, 2.05) is 24.3 Å². The van der Waals surface area contributed by atoms with Gasteiger partial charge in [0.2, 0.25) is 0 Å². The Labute approximate surface area is 180 Å². The van der Waals surface area contributed by atoms with Crippen molar-refractivity contribution in [2.75, 3.05) is 13.2 Å². The number of benzene rings is 1. The molecule has 0 spiro atoms. The number of ether oxygens (including phenoxy) is 1. The number of carboxylic acids is 1. The molecule has 29 heavy (non-hydrogen) atoms. The van der Waals surface area contributed by atoms with Crippen molar-refractivity contribution in [3.63, 3.8) is 0 Å². The van der Waals surface area contributed by atoms with Gasteiger partial charge in [0.1, 0.15) is 10.1 Å². The zero-order valence-electron chi connectivity index (χ0n) is 16.5. The molecule has 1 aromatic rings. The molecule has 2 N–H and O–H groups in total. The van der Waals surface area contributed by atoms with Crippen molar-refractivity contribution >= 4 is 46.3 Å². The smallest absolute Gasteiger partial charge is 0.329 e. The number of carbonyl (C=O) groups excluding carboxylic acids is 1. The molecule has 1 heterocycles. The Kier molecular flexibility index (Phi) is 9.63. The Morgan fingerprint density at radius 1 is 1.21 bits per heavy atom. The summed E-state index contributed by atoms with van der Waals surface area (Å²) in [5.41, 5.74) is 0.785. The average Bonchev–Trinajstić information content (AvgIpc) is 2.97. The third-order valence-corrected chi connectivity index (χ3v) is 5.87. The second kappa shape index (κ2) is 11.9. The fourth-order valence-corrected chi connectivity index (χ4v) is 4.26. The number of amides is 1. The molecule has 158 valence electrons. The van der Waals surface area contributed by atoms with Crippen LogP contribution < -0.4 is 4.74 Å². The van der Waals surface area contributed by atoms with E-state index >= 15 is 0 Å². The molecule has 0 radical (unpaired) electrons. The van der Waals surface area contributed by atoms with Gasteiger partial charge in [-0.15, -0.1) is 0 Å². The lowest BCUT2D eigenvalue weighted by atomic mass is 10.1. The molecule has 0 aliphatic carbocycles. The van der Waals surface area contributed by atoms with Crippen LogP contribution in [0, 0.1) is 0 Å². The highest BCUT2D eigenvalue weighted by Gasteiger charge is 2.40. The van der Waals surface area contributed by atoms with Gasteiger partial charge in [-0.3, -0.25) is 9.69 Å². The lowest BCUT2D eigenvalue weighted by Crippen LogP contribution is -2.46. The van der Waals surface area contributed by atoms with Crippen molar-refractivity contribution in [2.45, 2.75) is 51.5 Å². The molecule has 1 aliphatic rings. The molecule has 1 aliphatic heterocycles. The molecular formula is C21H27NO5S2. The van der Waals surface area contributed by atoms with Gasteiger partial charge in [-0.2, -0.15) is 0 Å². The number of hydrogen-bond acceptors (Lipinski definition) is 6. The summed E-state index contributed by atoms with van der Waals surface area (Å²) in [4.78, 5) is 25.0. The van der Waals surface area contributed by atoms with Crippen LogP contribution in [-0.4, -0.2) is 50.6 Å². The normalized spacial score (nSPS) is 16.5. The first-order valence-electron chi connectivity index (χ1n) is 9.81. The average molecular weight is 438 g/mol. The fourth-order valence-electron chi connectivity index (χ4n) is 2.90. The Morgan fingerprint density at radius 2 is 1.86 bits per heavy atom. The number of thioether (sulfide) groups is 1. The summed E-state index contributed by atoms with van der Waals surface area (Å²) >= 11 is 6.15. The number of rotatable bonds is 12. The van der Waals surface area contributed by atoms with Gasteiger partial charge >= 0.3 is 5.97 Å². The molecule has 0 bridgehead atoms. The maximum Gasteiger partial charge on any atom is 0.329 e. The summed E-state index contributed by atoms with van der Waals surface area (Å²) in [6.07, 6.45) is 8.92. The fraction of sp³-hybridized carbons (Fsp3) is 0.476. The molecule has 1 fully saturated rings. The third-order valence-electron chi connectivity index (χ3n) is 4.54. The molecule has 1 aromatic carbocycles. The van der Waals surface area contributed by atoms with E-state index in [2.05, 4.69) is 6.92 Å². The number of nitrogens with zero attached hydrogens (tertiary/aromatic N) is 1. The molecule has 1 atom stereocenters. The first-order valence-corrected chi connectivity index (χ1v) is 11.0. The van der Waals surface area contributed by atoms with Gasteiger partial charge in [0.15, 0.2) is 6.04 Å². The first kappa shape index (κ1) is 23.4. The van der Waals surface area contributed by atoms with Crippen LogP contribution in [0.25, 0.3) is 6.08 Å². The van der Waals surface area contributed by atoms with E-state index in [1.54, 1.807) is 6.08 Å². The van der Waals surface area contributed by atoms with Crippen molar-refractivity contribution in [1.82, 2.24) is 4.90 Å². The molecule has 8 heteroatoms. The van der Waals surface area contributed by atoms with E-state index in [0.717, 1.165) is 34.4 Å². The van der Waals surface area contributed by atoms with Gasteiger partial charge in [0.05, 0.1) is 18.1 Å². The van der Waals surface area contributed by atoms with E-state index in [1.165, 1.54) is 32.1 Å². The number of hydrogen-bond donors (Lipinski definition) is 2.